The van der Waals surface area contributed by atoms with Gasteiger partial charge in [-0.3, -0.25) is 9.98 Å². The van der Waals surface area contributed by atoms with E-state index in [1.165, 1.54) is 6.21 Å². The minimum Gasteiger partial charge on any atom is -0.368 e. The molecule has 29 heavy (non-hydrogen) atoms. The van der Waals surface area contributed by atoms with Crippen LogP contribution in [0, 0.1) is 11.3 Å². The van der Waals surface area contributed by atoms with Gasteiger partial charge in [-0.25, -0.2) is 9.97 Å². The first kappa shape index (κ1) is 19.6. The van der Waals surface area contributed by atoms with Crippen LogP contribution in [0.4, 0.5) is 5.95 Å². The lowest BCUT2D eigenvalue weighted by atomic mass is 10.1. The van der Waals surface area contributed by atoms with Crippen molar-refractivity contribution in [2.24, 2.45) is 15.9 Å². The van der Waals surface area contributed by atoms with Crippen molar-refractivity contribution in [3.05, 3.63) is 71.2 Å². The van der Waals surface area contributed by atoms with Gasteiger partial charge >= 0.3 is 0 Å². The van der Waals surface area contributed by atoms with Crippen LogP contribution >= 0.6 is 0 Å². The van der Waals surface area contributed by atoms with Gasteiger partial charge in [-0.1, -0.05) is 25.1 Å². The maximum absolute atomic E-state index is 9.10. The van der Waals surface area contributed by atoms with Crippen molar-refractivity contribution >= 4 is 17.9 Å². The lowest BCUT2D eigenvalue weighted by Crippen LogP contribution is -2.11. The maximum atomic E-state index is 9.10. The molecule has 3 aromatic rings. The van der Waals surface area contributed by atoms with Gasteiger partial charge in [0.05, 0.1) is 41.5 Å². The monoisotopic (exact) mass is 384 g/mol. The summed E-state index contributed by atoms with van der Waals surface area (Å²) in [5.41, 5.74) is 10.4. The topological polar surface area (TPSA) is 139 Å². The summed E-state index contributed by atoms with van der Waals surface area (Å²) < 4.78 is 0. The van der Waals surface area contributed by atoms with Crippen LogP contribution in [0.15, 0.2) is 58.6 Å². The zero-order valence-electron chi connectivity index (χ0n) is 15.9. The average Bonchev–Trinajstić information content (AvgIpc) is 2.76. The van der Waals surface area contributed by atoms with Crippen LogP contribution in [0.5, 0.6) is 0 Å². The second-order valence-corrected chi connectivity index (χ2v) is 6.15. The van der Waals surface area contributed by atoms with Crippen molar-refractivity contribution in [2.45, 2.75) is 19.9 Å². The number of pyridine rings is 1. The molecule has 4 N–H and O–H groups in total. The second kappa shape index (κ2) is 9.19. The van der Waals surface area contributed by atoms with E-state index in [0.717, 1.165) is 23.4 Å². The van der Waals surface area contributed by atoms with Gasteiger partial charge in [0.15, 0.2) is 0 Å². The number of hydrazone groups is 1. The van der Waals surface area contributed by atoms with Crippen LogP contribution in [0.1, 0.15) is 29.6 Å². The molecule has 0 spiro atoms. The summed E-state index contributed by atoms with van der Waals surface area (Å²) in [6.45, 7) is 2.45. The molecule has 2 aromatic heterocycles. The van der Waals surface area contributed by atoms with E-state index in [-0.39, 0.29) is 5.95 Å². The number of anilines is 1. The van der Waals surface area contributed by atoms with Crippen LogP contribution in [0.2, 0.25) is 0 Å². The normalized spacial score (nSPS) is 11.5. The molecule has 0 unspecified atom stereocenters. The van der Waals surface area contributed by atoms with Gasteiger partial charge in [0.25, 0.3) is 0 Å². The van der Waals surface area contributed by atoms with Gasteiger partial charge in [-0.05, 0) is 36.8 Å². The van der Waals surface area contributed by atoms with Crippen molar-refractivity contribution in [1.29, 1.82) is 5.26 Å². The Kier molecular flexibility index (Phi) is 6.22. The Morgan fingerprint density at radius 1 is 1.10 bits per heavy atom. The lowest BCUT2D eigenvalue weighted by molar-refractivity contribution is 0.936. The molecule has 0 saturated heterocycles. The van der Waals surface area contributed by atoms with E-state index in [1.54, 1.807) is 24.3 Å². The molecule has 1 aromatic carbocycles. The molecule has 0 atom stereocenters. The van der Waals surface area contributed by atoms with Gasteiger partial charge in [-0.15, -0.1) is 0 Å². The molecular weight excluding hydrogens is 364 g/mol. The minimum absolute atomic E-state index is 0.0757. The number of hydrogen-bond donors (Lipinski definition) is 2. The van der Waals surface area contributed by atoms with Gasteiger partial charge in [0.2, 0.25) is 5.95 Å². The Morgan fingerprint density at radius 3 is 2.66 bits per heavy atom. The molecule has 0 aliphatic rings. The zero-order valence-corrected chi connectivity index (χ0v) is 15.9. The predicted molar refractivity (Wildman–Crippen MR) is 113 cm³/mol. The van der Waals surface area contributed by atoms with Crippen LogP contribution in [-0.4, -0.2) is 26.9 Å². The number of nitriles is 1. The molecule has 0 aliphatic heterocycles. The van der Waals surface area contributed by atoms with Gasteiger partial charge < -0.3 is 11.6 Å². The number of hydrogen-bond acceptors (Lipinski definition) is 8. The summed E-state index contributed by atoms with van der Waals surface area (Å²) in [5, 5.41) is 12.9. The molecule has 0 bridgehead atoms. The predicted octanol–water partition coefficient (Wildman–Crippen LogP) is 2.49. The van der Waals surface area contributed by atoms with E-state index in [0.29, 0.717) is 29.2 Å². The fraction of sp³-hybridized carbons (Fsp3) is 0.143. The summed E-state index contributed by atoms with van der Waals surface area (Å²) in [4.78, 5) is 17.4. The highest BCUT2D eigenvalue weighted by molar-refractivity contribution is 6.37. The van der Waals surface area contributed by atoms with Gasteiger partial charge in [0, 0.05) is 11.3 Å². The smallest absolute Gasteiger partial charge is 0.221 e. The van der Waals surface area contributed by atoms with Crippen molar-refractivity contribution in [3.8, 4) is 17.3 Å². The molecular formula is C21H20N8. The number of benzene rings is 1. The number of aromatic nitrogens is 3. The molecule has 0 radical (unpaired) electrons. The van der Waals surface area contributed by atoms with Crippen molar-refractivity contribution in [2.75, 3.05) is 5.73 Å². The molecule has 0 fully saturated rings. The summed E-state index contributed by atoms with van der Waals surface area (Å²) in [6, 6.07) is 16.7. The lowest BCUT2D eigenvalue weighted by Gasteiger charge is -2.06. The van der Waals surface area contributed by atoms with Crippen molar-refractivity contribution < 1.29 is 0 Å². The maximum Gasteiger partial charge on any atom is 0.221 e. The molecule has 2 heterocycles. The highest BCUT2D eigenvalue weighted by atomic mass is 15.1. The summed E-state index contributed by atoms with van der Waals surface area (Å²) in [7, 11) is 0. The standard InChI is InChI=1S/C21H20N8/c1-2-16-7-4-8-17(26-16)12-25-13-20(29-24)19-10-18(27-21(23)28-19)15-6-3-5-14(9-15)11-22/h3-10,13H,2,12,24H2,1H3,(H2,23,27,28). The first-order chi connectivity index (χ1) is 14.1. The van der Waals surface area contributed by atoms with E-state index in [2.05, 4.69) is 38.0 Å². The Hall–Kier alpha value is -4.12. The highest BCUT2D eigenvalue weighted by Gasteiger charge is 2.10. The van der Waals surface area contributed by atoms with E-state index in [4.69, 9.17) is 16.8 Å². The fourth-order valence-corrected chi connectivity index (χ4v) is 2.70. The van der Waals surface area contributed by atoms with Crippen LogP contribution in [0.25, 0.3) is 11.3 Å². The summed E-state index contributed by atoms with van der Waals surface area (Å²) in [6.07, 6.45) is 2.40. The van der Waals surface area contributed by atoms with Crippen LogP contribution in [0.3, 0.4) is 0 Å². The Bertz CT molecular complexity index is 1110. The highest BCUT2D eigenvalue weighted by Crippen LogP contribution is 2.20. The third-order valence-corrected chi connectivity index (χ3v) is 4.13. The largest absolute Gasteiger partial charge is 0.368 e. The molecule has 8 nitrogen and oxygen atoms in total. The Morgan fingerprint density at radius 2 is 1.90 bits per heavy atom. The zero-order chi connectivity index (χ0) is 20.6. The van der Waals surface area contributed by atoms with E-state index >= 15 is 0 Å². The molecule has 144 valence electrons. The molecule has 3 rings (SSSR count). The van der Waals surface area contributed by atoms with Crippen LogP contribution in [-0.2, 0) is 13.0 Å². The van der Waals surface area contributed by atoms with Gasteiger partial charge in [0.1, 0.15) is 5.71 Å². The fourth-order valence-electron chi connectivity index (χ4n) is 2.70. The van der Waals surface area contributed by atoms with E-state index < -0.39 is 0 Å². The number of nitrogens with zero attached hydrogens (tertiary/aromatic N) is 6. The minimum atomic E-state index is 0.0757. The summed E-state index contributed by atoms with van der Waals surface area (Å²) in [5.74, 6) is 5.63. The number of nitrogen functional groups attached to an aromatic ring is 1. The average molecular weight is 384 g/mol. The number of aryl methyl sites for hydroxylation is 1. The molecule has 0 aliphatic carbocycles. The van der Waals surface area contributed by atoms with E-state index in [9.17, 15) is 0 Å². The second-order valence-electron chi connectivity index (χ2n) is 6.15. The van der Waals surface area contributed by atoms with E-state index in [1.807, 2.05) is 24.3 Å². The van der Waals surface area contributed by atoms with Crippen LogP contribution < -0.4 is 11.6 Å². The first-order valence-electron chi connectivity index (χ1n) is 9.01. The Balaban J connectivity index is 1.85. The first-order valence-corrected chi connectivity index (χ1v) is 9.01. The van der Waals surface area contributed by atoms with Gasteiger partial charge in [-0.2, -0.15) is 10.4 Å². The third kappa shape index (κ3) is 4.99. The number of rotatable bonds is 6. The Labute approximate surface area is 168 Å². The van der Waals surface area contributed by atoms with Crippen molar-refractivity contribution in [1.82, 2.24) is 15.0 Å². The van der Waals surface area contributed by atoms with Crippen molar-refractivity contribution in [3.63, 3.8) is 0 Å². The summed E-state index contributed by atoms with van der Waals surface area (Å²) >= 11 is 0. The number of aliphatic imine (C=N–C) groups is 1. The number of nitrogens with two attached hydrogens (primary N) is 2. The molecule has 8 heteroatoms. The molecule has 0 saturated carbocycles. The third-order valence-electron chi connectivity index (χ3n) is 4.13. The SMILES string of the molecule is CCc1cccc(CN=CC(=NN)c2cc(-c3cccc(C#N)c3)nc(N)n2)n1. The molecule has 0 amide bonds. The quantitative estimate of drug-likeness (QED) is 0.380.